The highest BCUT2D eigenvalue weighted by molar-refractivity contribution is 7.22. The fraction of sp³-hybridized carbons (Fsp3) is 0.0500. The van der Waals surface area contributed by atoms with Crippen LogP contribution in [-0.4, -0.2) is 15.9 Å². The first-order valence-corrected chi connectivity index (χ1v) is 9.81. The van der Waals surface area contributed by atoms with E-state index in [1.807, 2.05) is 12.1 Å². The summed E-state index contributed by atoms with van der Waals surface area (Å²) in [6.45, 7) is 0.195. The maximum absolute atomic E-state index is 13.6. The van der Waals surface area contributed by atoms with Crippen molar-refractivity contribution in [2.45, 2.75) is 6.54 Å². The van der Waals surface area contributed by atoms with Crippen LogP contribution < -0.4 is 4.90 Å². The van der Waals surface area contributed by atoms with E-state index in [1.54, 1.807) is 30.5 Å². The Labute approximate surface area is 174 Å². The molecule has 4 nitrogen and oxygen atoms in total. The molecule has 0 saturated heterocycles. The van der Waals surface area contributed by atoms with Crippen molar-refractivity contribution in [1.82, 2.24) is 9.97 Å². The molecule has 0 saturated carbocycles. The van der Waals surface area contributed by atoms with Gasteiger partial charge in [-0.3, -0.25) is 14.7 Å². The lowest BCUT2D eigenvalue weighted by Gasteiger charge is -2.20. The summed E-state index contributed by atoms with van der Waals surface area (Å²) in [5, 5.41) is 1.12. The molecule has 0 aliphatic heterocycles. The summed E-state index contributed by atoms with van der Waals surface area (Å²) in [6, 6.07) is 14.5. The van der Waals surface area contributed by atoms with Gasteiger partial charge in [0.05, 0.1) is 33.0 Å². The molecule has 8 heteroatoms. The minimum absolute atomic E-state index is 0.195. The summed E-state index contributed by atoms with van der Waals surface area (Å²) in [5.74, 6) is -0.696. The molecule has 2 aromatic carbocycles. The molecule has 0 fully saturated rings. The number of nitrogens with zero attached hydrogens (tertiary/aromatic N) is 3. The van der Waals surface area contributed by atoms with Gasteiger partial charge in [0.25, 0.3) is 5.91 Å². The Balaban J connectivity index is 1.79. The van der Waals surface area contributed by atoms with Gasteiger partial charge in [-0.25, -0.2) is 9.37 Å². The topological polar surface area (TPSA) is 46.1 Å². The highest BCUT2D eigenvalue weighted by Gasteiger charge is 2.24. The lowest BCUT2D eigenvalue weighted by Crippen LogP contribution is -2.31. The van der Waals surface area contributed by atoms with Gasteiger partial charge >= 0.3 is 0 Å². The minimum atomic E-state index is -0.356. The first kappa shape index (κ1) is 18.8. The lowest BCUT2D eigenvalue weighted by molar-refractivity contribution is 0.0985. The summed E-state index contributed by atoms with van der Waals surface area (Å²) in [6.07, 6.45) is 1.65. The number of hydrogen-bond donors (Lipinski definition) is 0. The summed E-state index contributed by atoms with van der Waals surface area (Å²) >= 11 is 13.4. The summed E-state index contributed by atoms with van der Waals surface area (Å²) in [7, 11) is 0. The standard InChI is InChI=1S/C20H12Cl2FN3OS/c21-12-4-6-15(16(22)9-12)19(27)26(11-14-3-1-2-8-24-14)20-25-17-7-5-13(23)10-18(17)28-20/h1-10H,11H2. The molecular formula is C20H12Cl2FN3OS. The Morgan fingerprint density at radius 2 is 1.96 bits per heavy atom. The fourth-order valence-electron chi connectivity index (χ4n) is 2.69. The molecule has 0 bridgehead atoms. The number of pyridine rings is 1. The van der Waals surface area contributed by atoms with E-state index < -0.39 is 0 Å². The SMILES string of the molecule is O=C(c1ccc(Cl)cc1Cl)N(Cc1ccccn1)c1nc2ccc(F)cc2s1. The second-order valence-electron chi connectivity index (χ2n) is 5.95. The van der Waals surface area contributed by atoms with Crippen LogP contribution in [0.5, 0.6) is 0 Å². The van der Waals surface area contributed by atoms with Gasteiger partial charge < -0.3 is 0 Å². The molecule has 0 unspecified atom stereocenters. The largest absolute Gasteiger partial charge is 0.278 e. The van der Waals surface area contributed by atoms with Gasteiger partial charge in [0.2, 0.25) is 0 Å². The van der Waals surface area contributed by atoms with Crippen LogP contribution in [0.3, 0.4) is 0 Å². The van der Waals surface area contributed by atoms with E-state index in [4.69, 9.17) is 23.2 Å². The Morgan fingerprint density at radius 3 is 2.71 bits per heavy atom. The van der Waals surface area contributed by atoms with Crippen LogP contribution in [0, 0.1) is 5.82 Å². The fourth-order valence-corrected chi connectivity index (χ4v) is 4.17. The third-order valence-corrected chi connectivity index (χ3v) is 5.61. The van der Waals surface area contributed by atoms with Crippen LogP contribution >= 0.6 is 34.5 Å². The number of halogens is 3. The van der Waals surface area contributed by atoms with Crippen molar-refractivity contribution in [3.8, 4) is 0 Å². The highest BCUT2D eigenvalue weighted by atomic mass is 35.5. The zero-order valence-corrected chi connectivity index (χ0v) is 16.6. The zero-order valence-electron chi connectivity index (χ0n) is 14.3. The highest BCUT2D eigenvalue weighted by Crippen LogP contribution is 2.32. The van der Waals surface area contributed by atoms with Crippen molar-refractivity contribution >= 4 is 55.8 Å². The molecule has 4 rings (SSSR count). The van der Waals surface area contributed by atoms with Gasteiger partial charge in [-0.2, -0.15) is 0 Å². The van der Waals surface area contributed by atoms with Crippen molar-refractivity contribution in [3.63, 3.8) is 0 Å². The van der Waals surface area contributed by atoms with Crippen LogP contribution in [0.25, 0.3) is 10.2 Å². The molecule has 0 aliphatic rings. The van der Waals surface area contributed by atoms with E-state index in [0.29, 0.717) is 31.6 Å². The molecular weight excluding hydrogens is 420 g/mol. The molecule has 0 radical (unpaired) electrons. The van der Waals surface area contributed by atoms with Crippen LogP contribution in [-0.2, 0) is 6.54 Å². The molecule has 140 valence electrons. The minimum Gasteiger partial charge on any atom is -0.278 e. The van der Waals surface area contributed by atoms with E-state index in [-0.39, 0.29) is 23.3 Å². The maximum atomic E-state index is 13.6. The summed E-state index contributed by atoms with van der Waals surface area (Å²) in [4.78, 5) is 23.6. The maximum Gasteiger partial charge on any atom is 0.261 e. The third kappa shape index (κ3) is 3.85. The third-order valence-electron chi connectivity index (χ3n) is 4.02. The van der Waals surface area contributed by atoms with E-state index in [1.165, 1.54) is 34.4 Å². The monoisotopic (exact) mass is 431 g/mol. The number of anilines is 1. The second kappa shape index (κ2) is 7.83. The average molecular weight is 432 g/mol. The van der Waals surface area contributed by atoms with Crippen molar-refractivity contribution < 1.29 is 9.18 Å². The zero-order chi connectivity index (χ0) is 19.7. The molecule has 1 amide bonds. The van der Waals surface area contributed by atoms with E-state index in [0.717, 1.165) is 0 Å². The van der Waals surface area contributed by atoms with Gasteiger partial charge in [-0.15, -0.1) is 0 Å². The lowest BCUT2D eigenvalue weighted by atomic mass is 10.2. The number of aromatic nitrogens is 2. The molecule has 0 spiro atoms. The molecule has 4 aromatic rings. The molecule has 0 N–H and O–H groups in total. The summed E-state index contributed by atoms with van der Waals surface area (Å²) < 4.78 is 14.2. The van der Waals surface area contributed by atoms with E-state index >= 15 is 0 Å². The predicted molar refractivity (Wildman–Crippen MR) is 111 cm³/mol. The number of rotatable bonds is 4. The number of carbonyl (C=O) groups is 1. The van der Waals surface area contributed by atoms with Gasteiger partial charge in [-0.05, 0) is 48.5 Å². The molecule has 0 atom stereocenters. The molecule has 2 aromatic heterocycles. The summed E-state index contributed by atoms with van der Waals surface area (Å²) in [5.41, 5.74) is 1.60. The average Bonchev–Trinajstić information content (AvgIpc) is 3.09. The van der Waals surface area contributed by atoms with Gasteiger partial charge in [0, 0.05) is 11.2 Å². The van der Waals surface area contributed by atoms with Gasteiger partial charge in [0.1, 0.15) is 5.82 Å². The Hall–Kier alpha value is -2.54. The normalized spacial score (nSPS) is 11.0. The molecule has 28 heavy (non-hydrogen) atoms. The van der Waals surface area contributed by atoms with Crippen molar-refractivity contribution in [2.75, 3.05) is 4.90 Å². The number of fused-ring (bicyclic) bond motifs is 1. The van der Waals surface area contributed by atoms with Gasteiger partial charge in [-0.1, -0.05) is 40.6 Å². The number of benzene rings is 2. The van der Waals surface area contributed by atoms with E-state index in [9.17, 15) is 9.18 Å². The number of carbonyl (C=O) groups excluding carboxylic acids is 1. The Kier molecular flexibility index (Phi) is 5.26. The smallest absolute Gasteiger partial charge is 0.261 e. The van der Waals surface area contributed by atoms with Crippen LogP contribution in [0.15, 0.2) is 60.8 Å². The number of amides is 1. The second-order valence-corrected chi connectivity index (χ2v) is 7.80. The Morgan fingerprint density at radius 1 is 1.11 bits per heavy atom. The first-order chi connectivity index (χ1) is 13.5. The molecule has 2 heterocycles. The van der Waals surface area contributed by atoms with E-state index in [2.05, 4.69) is 9.97 Å². The molecule has 0 aliphatic carbocycles. The van der Waals surface area contributed by atoms with Crippen molar-refractivity contribution in [2.24, 2.45) is 0 Å². The predicted octanol–water partition coefficient (Wildman–Crippen LogP) is 5.98. The van der Waals surface area contributed by atoms with Crippen molar-refractivity contribution in [1.29, 1.82) is 0 Å². The van der Waals surface area contributed by atoms with Gasteiger partial charge in [0.15, 0.2) is 5.13 Å². The number of thiazole rings is 1. The van der Waals surface area contributed by atoms with Crippen LogP contribution in [0.2, 0.25) is 10.0 Å². The van der Waals surface area contributed by atoms with Crippen LogP contribution in [0.4, 0.5) is 9.52 Å². The first-order valence-electron chi connectivity index (χ1n) is 8.24. The Bertz CT molecular complexity index is 1170. The van der Waals surface area contributed by atoms with Crippen LogP contribution in [0.1, 0.15) is 16.1 Å². The quantitative estimate of drug-likeness (QED) is 0.398. The number of hydrogen-bond acceptors (Lipinski definition) is 4. The van der Waals surface area contributed by atoms with Crippen molar-refractivity contribution in [3.05, 3.63) is 87.9 Å².